The molecule has 0 radical (unpaired) electrons. The van der Waals surface area contributed by atoms with Gasteiger partial charge < -0.3 is 4.98 Å². The monoisotopic (exact) mass is 274 g/mol. The third-order valence-electron chi connectivity index (χ3n) is 4.35. The summed E-state index contributed by atoms with van der Waals surface area (Å²) in [5, 5.41) is 0.724. The Morgan fingerprint density at radius 3 is 2.89 bits per heavy atom. The van der Waals surface area contributed by atoms with Crippen molar-refractivity contribution in [3.05, 3.63) is 39.4 Å². The average Bonchev–Trinajstić information content (AvgIpc) is 2.80. The highest BCUT2D eigenvalue weighted by atomic mass is 32.1. The van der Waals surface area contributed by atoms with E-state index < -0.39 is 0 Å². The lowest BCUT2D eigenvalue weighted by Gasteiger charge is -2.17. The molecule has 0 spiro atoms. The quantitative estimate of drug-likeness (QED) is 0.851. The van der Waals surface area contributed by atoms with Gasteiger partial charge in [-0.3, -0.25) is 9.36 Å². The largest absolute Gasteiger partial charge is 0.332 e. The highest BCUT2D eigenvalue weighted by Gasteiger charge is 2.24. The number of para-hydroxylation sites is 1. The Hall–Kier alpha value is -1.42. The van der Waals surface area contributed by atoms with E-state index >= 15 is 0 Å². The number of benzene rings is 1. The fourth-order valence-electron chi connectivity index (χ4n) is 3.09. The molecule has 19 heavy (non-hydrogen) atoms. The van der Waals surface area contributed by atoms with E-state index in [9.17, 15) is 4.79 Å². The number of aromatic amines is 1. The summed E-state index contributed by atoms with van der Waals surface area (Å²) in [7, 11) is 0. The van der Waals surface area contributed by atoms with Crippen LogP contribution in [0.15, 0.2) is 29.1 Å². The van der Waals surface area contributed by atoms with Crippen molar-refractivity contribution in [3.63, 3.8) is 0 Å². The lowest BCUT2D eigenvalue weighted by atomic mass is 9.98. The summed E-state index contributed by atoms with van der Waals surface area (Å²) in [5.74, 6) is 1.27. The number of aromatic nitrogens is 2. The van der Waals surface area contributed by atoms with Gasteiger partial charge in [-0.25, -0.2) is 0 Å². The summed E-state index contributed by atoms with van der Waals surface area (Å²) < 4.78 is 2.28. The number of nitrogens with one attached hydrogen (secondary N) is 1. The number of nitrogens with zero attached hydrogens (tertiary/aromatic N) is 1. The minimum atomic E-state index is 0.0402. The maximum Gasteiger partial charge on any atom is 0.262 e. The van der Waals surface area contributed by atoms with Crippen molar-refractivity contribution in [1.29, 1.82) is 0 Å². The molecule has 1 aliphatic rings. The van der Waals surface area contributed by atoms with Crippen molar-refractivity contribution in [3.8, 4) is 0 Å². The van der Waals surface area contributed by atoms with E-state index in [1.54, 1.807) is 4.57 Å². The van der Waals surface area contributed by atoms with Crippen LogP contribution in [0, 0.1) is 16.6 Å². The van der Waals surface area contributed by atoms with E-state index in [-0.39, 0.29) is 5.56 Å². The molecule has 2 atom stereocenters. The highest BCUT2D eigenvalue weighted by molar-refractivity contribution is 7.71. The molecular formula is C15H18N2OS. The van der Waals surface area contributed by atoms with Gasteiger partial charge in [-0.15, -0.1) is 0 Å². The van der Waals surface area contributed by atoms with Gasteiger partial charge in [-0.05, 0) is 42.6 Å². The summed E-state index contributed by atoms with van der Waals surface area (Å²) in [6.45, 7) is 3.02. The zero-order valence-corrected chi connectivity index (χ0v) is 11.9. The van der Waals surface area contributed by atoms with Gasteiger partial charge in [0.2, 0.25) is 0 Å². The van der Waals surface area contributed by atoms with E-state index in [4.69, 9.17) is 12.2 Å². The van der Waals surface area contributed by atoms with Crippen molar-refractivity contribution in [2.24, 2.45) is 11.8 Å². The summed E-state index contributed by atoms with van der Waals surface area (Å²) in [6.07, 6.45) is 3.74. The molecule has 1 fully saturated rings. The molecule has 4 heteroatoms. The van der Waals surface area contributed by atoms with Crippen LogP contribution in [-0.2, 0) is 6.54 Å². The molecule has 1 aromatic carbocycles. The van der Waals surface area contributed by atoms with Crippen LogP contribution in [0.3, 0.4) is 0 Å². The van der Waals surface area contributed by atoms with E-state index in [0.717, 1.165) is 17.4 Å². The summed E-state index contributed by atoms with van der Waals surface area (Å²) in [5.41, 5.74) is 0.867. The summed E-state index contributed by atoms with van der Waals surface area (Å²) in [4.78, 5) is 15.7. The molecule has 1 saturated carbocycles. The molecular weight excluding hydrogens is 256 g/mol. The standard InChI is InChI=1S/C15H18N2OS/c1-10-5-4-6-11(10)9-17-14(18)12-7-2-3-8-13(12)16-15(17)19/h2-3,7-8,10-11H,4-6,9H2,1H3,(H,16,19). The minimum Gasteiger partial charge on any atom is -0.332 e. The Kier molecular flexibility index (Phi) is 3.27. The third kappa shape index (κ3) is 2.25. The van der Waals surface area contributed by atoms with Crippen LogP contribution >= 0.6 is 12.2 Å². The first-order chi connectivity index (χ1) is 9.16. The number of fused-ring (bicyclic) bond motifs is 1. The van der Waals surface area contributed by atoms with E-state index in [1.807, 2.05) is 24.3 Å². The first-order valence-corrected chi connectivity index (χ1v) is 7.29. The Morgan fingerprint density at radius 2 is 2.16 bits per heavy atom. The van der Waals surface area contributed by atoms with Crippen LogP contribution in [0.4, 0.5) is 0 Å². The van der Waals surface area contributed by atoms with Crippen molar-refractivity contribution in [1.82, 2.24) is 9.55 Å². The predicted molar refractivity (Wildman–Crippen MR) is 79.9 cm³/mol. The van der Waals surface area contributed by atoms with Gasteiger partial charge in [0, 0.05) is 6.54 Å². The SMILES string of the molecule is CC1CCCC1Cn1c(=S)[nH]c2ccccc2c1=O. The molecule has 2 aromatic rings. The van der Waals surface area contributed by atoms with Crippen molar-refractivity contribution in [2.45, 2.75) is 32.7 Å². The Morgan fingerprint density at radius 1 is 1.37 bits per heavy atom. The zero-order chi connectivity index (χ0) is 13.4. The number of rotatable bonds is 2. The molecule has 1 aliphatic carbocycles. The highest BCUT2D eigenvalue weighted by Crippen LogP contribution is 2.32. The second-order valence-corrected chi connectivity index (χ2v) is 5.95. The molecule has 0 bridgehead atoms. The number of H-pyrrole nitrogens is 1. The van der Waals surface area contributed by atoms with Crippen LogP contribution in [0.25, 0.3) is 10.9 Å². The van der Waals surface area contributed by atoms with E-state index in [0.29, 0.717) is 16.6 Å². The van der Waals surface area contributed by atoms with Crippen LogP contribution in [0.2, 0.25) is 0 Å². The second kappa shape index (κ2) is 4.93. The maximum absolute atomic E-state index is 12.5. The van der Waals surface area contributed by atoms with Crippen LogP contribution < -0.4 is 5.56 Å². The average molecular weight is 274 g/mol. The third-order valence-corrected chi connectivity index (χ3v) is 4.67. The molecule has 2 unspecified atom stereocenters. The topological polar surface area (TPSA) is 37.8 Å². The van der Waals surface area contributed by atoms with Crippen LogP contribution in [0.1, 0.15) is 26.2 Å². The number of hydrogen-bond acceptors (Lipinski definition) is 2. The van der Waals surface area contributed by atoms with Crippen molar-refractivity contribution in [2.75, 3.05) is 0 Å². The lowest BCUT2D eigenvalue weighted by molar-refractivity contribution is 0.356. The molecule has 3 rings (SSSR count). The van der Waals surface area contributed by atoms with Gasteiger partial charge in [0.05, 0.1) is 10.9 Å². The minimum absolute atomic E-state index is 0.0402. The summed E-state index contributed by atoms with van der Waals surface area (Å²) in [6, 6.07) is 7.56. The van der Waals surface area contributed by atoms with Gasteiger partial charge in [0.1, 0.15) is 0 Å². The van der Waals surface area contributed by atoms with E-state index in [1.165, 1.54) is 19.3 Å². The Bertz CT molecular complexity index is 716. The lowest BCUT2D eigenvalue weighted by Crippen LogP contribution is -2.26. The molecule has 100 valence electrons. The van der Waals surface area contributed by atoms with Crippen LogP contribution in [-0.4, -0.2) is 9.55 Å². The molecule has 3 nitrogen and oxygen atoms in total. The van der Waals surface area contributed by atoms with Crippen LogP contribution in [0.5, 0.6) is 0 Å². The van der Waals surface area contributed by atoms with Gasteiger partial charge in [0.15, 0.2) is 4.77 Å². The van der Waals surface area contributed by atoms with Crippen molar-refractivity contribution >= 4 is 23.1 Å². The van der Waals surface area contributed by atoms with Gasteiger partial charge in [0.25, 0.3) is 5.56 Å². The second-order valence-electron chi connectivity index (χ2n) is 5.56. The fourth-order valence-corrected chi connectivity index (χ4v) is 3.36. The molecule has 1 aromatic heterocycles. The Balaban J connectivity index is 2.08. The normalized spacial score (nSPS) is 23.0. The molecule has 0 aliphatic heterocycles. The van der Waals surface area contributed by atoms with E-state index in [2.05, 4.69) is 11.9 Å². The van der Waals surface area contributed by atoms with Crippen molar-refractivity contribution < 1.29 is 0 Å². The smallest absolute Gasteiger partial charge is 0.262 e. The number of hydrogen-bond donors (Lipinski definition) is 1. The predicted octanol–water partition coefficient (Wildman–Crippen LogP) is 3.50. The maximum atomic E-state index is 12.5. The molecule has 0 saturated heterocycles. The molecule has 0 amide bonds. The Labute approximate surface area is 117 Å². The van der Waals surface area contributed by atoms with Gasteiger partial charge >= 0.3 is 0 Å². The first-order valence-electron chi connectivity index (χ1n) is 6.88. The molecule has 1 N–H and O–H groups in total. The van der Waals surface area contributed by atoms with Gasteiger partial charge in [-0.1, -0.05) is 31.9 Å². The fraction of sp³-hybridized carbons (Fsp3) is 0.467. The summed E-state index contributed by atoms with van der Waals surface area (Å²) >= 11 is 5.35. The molecule has 1 heterocycles. The van der Waals surface area contributed by atoms with Gasteiger partial charge in [-0.2, -0.15) is 0 Å². The first kappa shape index (κ1) is 12.6. The zero-order valence-electron chi connectivity index (χ0n) is 11.1.